The van der Waals surface area contributed by atoms with Crippen molar-refractivity contribution in [2.45, 2.75) is 26.3 Å². The number of pyridine rings is 1. The minimum Gasteiger partial charge on any atom is -0.345 e. The van der Waals surface area contributed by atoms with Gasteiger partial charge in [0.2, 0.25) is 6.39 Å². The molecule has 0 aliphatic rings. The third kappa shape index (κ3) is 3.29. The fourth-order valence-electron chi connectivity index (χ4n) is 1.58. The molecule has 0 aliphatic heterocycles. The molecule has 0 saturated carbocycles. The number of hydrogen-bond donors (Lipinski definition) is 3. The highest BCUT2D eigenvalue weighted by molar-refractivity contribution is 5.94. The molecule has 8 heteroatoms. The second kappa shape index (κ2) is 6.11. The molecule has 0 bridgehead atoms. The Bertz CT molecular complexity index is 582. The Balaban J connectivity index is 2.14. The van der Waals surface area contributed by atoms with Gasteiger partial charge in [0.15, 0.2) is 5.82 Å². The van der Waals surface area contributed by atoms with Crippen molar-refractivity contribution >= 4 is 11.7 Å². The molecule has 106 valence electrons. The van der Waals surface area contributed by atoms with Crippen LogP contribution in [0.25, 0.3) is 0 Å². The van der Waals surface area contributed by atoms with Crippen LogP contribution in [0.2, 0.25) is 0 Å². The van der Waals surface area contributed by atoms with Crippen LogP contribution >= 0.6 is 0 Å². The third-order valence-corrected chi connectivity index (χ3v) is 2.66. The van der Waals surface area contributed by atoms with Crippen molar-refractivity contribution in [3.8, 4) is 0 Å². The summed E-state index contributed by atoms with van der Waals surface area (Å²) in [6.45, 7) is 4.17. The quantitative estimate of drug-likeness (QED) is 0.546. The molecule has 0 fully saturated rings. The smallest absolute Gasteiger partial charge is 0.251 e. The Labute approximate surface area is 115 Å². The molecule has 20 heavy (non-hydrogen) atoms. The van der Waals surface area contributed by atoms with E-state index < -0.39 is 0 Å². The predicted octanol–water partition coefficient (Wildman–Crippen LogP) is 0.804. The molecule has 0 aliphatic carbocycles. The first kappa shape index (κ1) is 13.9. The van der Waals surface area contributed by atoms with E-state index in [0.29, 0.717) is 17.2 Å². The van der Waals surface area contributed by atoms with E-state index in [-0.39, 0.29) is 18.4 Å². The molecule has 0 atom stereocenters. The number of carbonyl (C=O) groups excluding carboxylic acids is 1. The second-order valence-electron chi connectivity index (χ2n) is 4.50. The van der Waals surface area contributed by atoms with E-state index in [1.165, 1.54) is 6.39 Å². The topological polar surface area (TPSA) is 119 Å². The number of aromatic nitrogens is 3. The van der Waals surface area contributed by atoms with Crippen molar-refractivity contribution in [1.29, 1.82) is 0 Å². The van der Waals surface area contributed by atoms with E-state index in [1.807, 2.05) is 13.8 Å². The van der Waals surface area contributed by atoms with Crippen LogP contribution in [0.4, 0.5) is 5.82 Å². The van der Waals surface area contributed by atoms with Crippen LogP contribution < -0.4 is 16.6 Å². The molecule has 4 N–H and O–H groups in total. The molecular weight excluding hydrogens is 260 g/mol. The molecule has 2 heterocycles. The van der Waals surface area contributed by atoms with E-state index in [2.05, 4.69) is 30.4 Å². The SMILES string of the molecule is CC(C)c1cc(C(=O)NCc2ncon2)cc(NN)n1. The lowest BCUT2D eigenvalue weighted by molar-refractivity contribution is 0.0949. The summed E-state index contributed by atoms with van der Waals surface area (Å²) >= 11 is 0. The number of amides is 1. The lowest BCUT2D eigenvalue weighted by atomic mass is 10.1. The van der Waals surface area contributed by atoms with E-state index in [9.17, 15) is 4.79 Å². The van der Waals surface area contributed by atoms with Crippen molar-refractivity contribution in [3.63, 3.8) is 0 Å². The van der Waals surface area contributed by atoms with Crippen LogP contribution in [0.15, 0.2) is 23.0 Å². The summed E-state index contributed by atoms with van der Waals surface area (Å²) < 4.78 is 4.59. The van der Waals surface area contributed by atoms with E-state index in [0.717, 1.165) is 5.69 Å². The van der Waals surface area contributed by atoms with Gasteiger partial charge in [-0.3, -0.25) is 4.79 Å². The average Bonchev–Trinajstić information content (AvgIpc) is 2.97. The zero-order chi connectivity index (χ0) is 14.5. The van der Waals surface area contributed by atoms with Gasteiger partial charge in [0.05, 0.1) is 6.54 Å². The highest BCUT2D eigenvalue weighted by atomic mass is 16.5. The van der Waals surface area contributed by atoms with Crippen LogP contribution in [0, 0.1) is 0 Å². The Morgan fingerprint density at radius 2 is 2.25 bits per heavy atom. The monoisotopic (exact) mass is 276 g/mol. The first-order valence-electron chi connectivity index (χ1n) is 6.12. The van der Waals surface area contributed by atoms with Crippen LogP contribution in [0.1, 0.15) is 41.6 Å². The number of anilines is 1. The fraction of sp³-hybridized carbons (Fsp3) is 0.333. The molecule has 0 spiro atoms. The number of nitrogens with one attached hydrogen (secondary N) is 2. The van der Waals surface area contributed by atoms with Gasteiger partial charge in [0.25, 0.3) is 5.91 Å². The minimum atomic E-state index is -0.254. The maximum atomic E-state index is 12.1. The first-order chi connectivity index (χ1) is 9.60. The van der Waals surface area contributed by atoms with Crippen LogP contribution in [-0.2, 0) is 6.54 Å². The second-order valence-corrected chi connectivity index (χ2v) is 4.50. The van der Waals surface area contributed by atoms with Gasteiger partial charge < -0.3 is 15.3 Å². The summed E-state index contributed by atoms with van der Waals surface area (Å²) in [6, 6.07) is 3.31. The van der Waals surface area contributed by atoms with Gasteiger partial charge in [0, 0.05) is 11.3 Å². The zero-order valence-corrected chi connectivity index (χ0v) is 11.3. The van der Waals surface area contributed by atoms with Crippen molar-refractivity contribution < 1.29 is 9.32 Å². The number of nitrogens with zero attached hydrogens (tertiary/aromatic N) is 3. The molecule has 2 aromatic heterocycles. The van der Waals surface area contributed by atoms with Crippen LogP contribution in [-0.4, -0.2) is 21.0 Å². The summed E-state index contributed by atoms with van der Waals surface area (Å²) in [4.78, 5) is 20.2. The lowest BCUT2D eigenvalue weighted by Crippen LogP contribution is -2.24. The van der Waals surface area contributed by atoms with E-state index in [1.54, 1.807) is 12.1 Å². The normalized spacial score (nSPS) is 10.6. The van der Waals surface area contributed by atoms with Crippen LogP contribution in [0.3, 0.4) is 0 Å². The van der Waals surface area contributed by atoms with Gasteiger partial charge in [-0.1, -0.05) is 19.0 Å². The number of rotatable bonds is 5. The average molecular weight is 276 g/mol. The van der Waals surface area contributed by atoms with Gasteiger partial charge >= 0.3 is 0 Å². The molecule has 0 radical (unpaired) electrons. The summed E-state index contributed by atoms with van der Waals surface area (Å²) in [5.41, 5.74) is 3.71. The number of nitrogen functional groups attached to an aromatic ring is 1. The van der Waals surface area contributed by atoms with Crippen molar-refractivity contribution in [2.75, 3.05) is 5.43 Å². The fourth-order valence-corrected chi connectivity index (χ4v) is 1.58. The summed E-state index contributed by atoms with van der Waals surface area (Å²) in [5.74, 6) is 6.15. The number of carbonyl (C=O) groups is 1. The maximum Gasteiger partial charge on any atom is 0.251 e. The molecular formula is C12H16N6O2. The van der Waals surface area contributed by atoms with Crippen LogP contribution in [0.5, 0.6) is 0 Å². The van der Waals surface area contributed by atoms with E-state index in [4.69, 9.17) is 5.84 Å². The highest BCUT2D eigenvalue weighted by Gasteiger charge is 2.12. The number of hydrazine groups is 1. The first-order valence-corrected chi connectivity index (χ1v) is 6.12. The highest BCUT2D eigenvalue weighted by Crippen LogP contribution is 2.17. The van der Waals surface area contributed by atoms with Crippen molar-refractivity contribution in [1.82, 2.24) is 20.4 Å². The number of hydrogen-bond acceptors (Lipinski definition) is 7. The van der Waals surface area contributed by atoms with E-state index >= 15 is 0 Å². The Hall–Kier alpha value is -2.48. The summed E-state index contributed by atoms with van der Waals surface area (Å²) in [5, 5.41) is 6.31. The minimum absolute atomic E-state index is 0.187. The predicted molar refractivity (Wildman–Crippen MR) is 71.6 cm³/mol. The molecule has 1 amide bonds. The molecule has 2 aromatic rings. The lowest BCUT2D eigenvalue weighted by Gasteiger charge is -2.10. The molecule has 0 saturated heterocycles. The van der Waals surface area contributed by atoms with Crippen molar-refractivity contribution in [2.24, 2.45) is 5.84 Å². The summed E-state index contributed by atoms with van der Waals surface area (Å²) in [6.07, 6.45) is 1.21. The molecule has 0 unspecified atom stereocenters. The Morgan fingerprint density at radius 1 is 1.45 bits per heavy atom. The van der Waals surface area contributed by atoms with Gasteiger partial charge in [-0.15, -0.1) is 0 Å². The van der Waals surface area contributed by atoms with Gasteiger partial charge in [0.1, 0.15) is 5.82 Å². The van der Waals surface area contributed by atoms with Gasteiger partial charge in [-0.05, 0) is 18.1 Å². The largest absolute Gasteiger partial charge is 0.345 e. The standard InChI is InChI=1S/C12H16N6O2/c1-7(2)9-3-8(4-10(16-9)17-13)12(19)14-5-11-15-6-20-18-11/h3-4,6-7H,5,13H2,1-2H3,(H,14,19)(H,16,17). The van der Waals surface area contributed by atoms with Gasteiger partial charge in [-0.25, -0.2) is 10.8 Å². The maximum absolute atomic E-state index is 12.1. The number of nitrogens with two attached hydrogens (primary N) is 1. The third-order valence-electron chi connectivity index (χ3n) is 2.66. The van der Waals surface area contributed by atoms with Gasteiger partial charge in [-0.2, -0.15) is 4.98 Å². The zero-order valence-electron chi connectivity index (χ0n) is 11.3. The Morgan fingerprint density at radius 3 is 2.85 bits per heavy atom. The Kier molecular flexibility index (Phi) is 4.26. The van der Waals surface area contributed by atoms with Crippen molar-refractivity contribution in [3.05, 3.63) is 35.6 Å². The molecule has 0 aromatic carbocycles. The molecule has 2 rings (SSSR count). The summed E-state index contributed by atoms with van der Waals surface area (Å²) in [7, 11) is 0. The molecule has 8 nitrogen and oxygen atoms in total.